The molecule has 0 heterocycles. The largest absolute Gasteiger partial charge is 0.494 e. The molecule has 0 aromatic heterocycles. The summed E-state index contributed by atoms with van der Waals surface area (Å²) in [5.41, 5.74) is 0.812. The van der Waals surface area contributed by atoms with Crippen molar-refractivity contribution >= 4 is 18.0 Å². The molecule has 1 aromatic rings. The van der Waals surface area contributed by atoms with E-state index in [0.29, 0.717) is 6.61 Å². The van der Waals surface area contributed by atoms with Crippen molar-refractivity contribution < 1.29 is 24.2 Å². The minimum absolute atomic E-state index is 0.492. The summed E-state index contributed by atoms with van der Waals surface area (Å²) in [5, 5.41) is 11.3. The molecule has 0 radical (unpaired) electrons. The summed E-state index contributed by atoms with van der Waals surface area (Å²) < 4.78 is 9.76. The lowest BCUT2D eigenvalue weighted by Gasteiger charge is -2.11. The van der Waals surface area contributed by atoms with E-state index in [1.165, 1.54) is 13.2 Å². The second-order valence-electron chi connectivity index (χ2n) is 4.10. The minimum Gasteiger partial charge on any atom is -0.494 e. The first kappa shape index (κ1) is 16.7. The van der Waals surface area contributed by atoms with Crippen LogP contribution < -0.4 is 10.1 Å². The van der Waals surface area contributed by atoms with Crippen molar-refractivity contribution in [2.24, 2.45) is 0 Å². The zero-order chi connectivity index (χ0) is 15.7. The highest BCUT2D eigenvalue weighted by molar-refractivity contribution is 5.94. The van der Waals surface area contributed by atoms with Gasteiger partial charge in [-0.15, -0.1) is 0 Å². The number of amides is 1. The number of carbonyl (C=O) groups excluding carboxylic acids is 2. The molecule has 0 aliphatic carbocycles. The number of aliphatic hydroxyl groups is 1. The summed E-state index contributed by atoms with van der Waals surface area (Å²) in [6.45, 7) is 1.97. The van der Waals surface area contributed by atoms with Crippen LogP contribution in [0.1, 0.15) is 12.5 Å². The highest BCUT2D eigenvalue weighted by atomic mass is 16.5. The Kier molecular flexibility index (Phi) is 6.97. The molecule has 0 saturated carbocycles. The highest BCUT2D eigenvalue weighted by Gasteiger charge is 2.18. The number of methoxy groups -OCH3 is 1. The number of hydrogen-bond acceptors (Lipinski definition) is 5. The van der Waals surface area contributed by atoms with E-state index in [-0.39, 0.29) is 0 Å². The van der Waals surface area contributed by atoms with E-state index < -0.39 is 24.5 Å². The van der Waals surface area contributed by atoms with Gasteiger partial charge >= 0.3 is 5.97 Å². The van der Waals surface area contributed by atoms with Crippen molar-refractivity contribution in [2.75, 3.05) is 20.3 Å². The molecule has 0 fully saturated rings. The lowest BCUT2D eigenvalue weighted by atomic mass is 10.2. The van der Waals surface area contributed by atoms with Crippen LogP contribution in [-0.2, 0) is 14.3 Å². The van der Waals surface area contributed by atoms with Gasteiger partial charge in [-0.25, -0.2) is 4.79 Å². The standard InChI is InChI=1S/C15H19NO5/c1-3-21-12-7-4-11(5-8-12)6-9-14(18)16-13(10-17)15(19)20-2/h4-9,13,17H,3,10H2,1-2H3,(H,16,18)/b9-6+. The Morgan fingerprint density at radius 3 is 2.52 bits per heavy atom. The topological polar surface area (TPSA) is 84.9 Å². The Hall–Kier alpha value is -2.34. The summed E-state index contributed by atoms with van der Waals surface area (Å²) in [5.74, 6) is -0.432. The fourth-order valence-corrected chi connectivity index (χ4v) is 1.55. The third-order valence-corrected chi connectivity index (χ3v) is 2.60. The van der Waals surface area contributed by atoms with E-state index in [1.807, 2.05) is 6.92 Å². The lowest BCUT2D eigenvalue weighted by Crippen LogP contribution is -2.43. The maximum atomic E-state index is 11.6. The van der Waals surface area contributed by atoms with Gasteiger partial charge in [-0.1, -0.05) is 12.1 Å². The minimum atomic E-state index is -1.06. The van der Waals surface area contributed by atoms with Gasteiger partial charge in [-0.2, -0.15) is 0 Å². The molecular weight excluding hydrogens is 274 g/mol. The second kappa shape index (κ2) is 8.76. The average Bonchev–Trinajstić information content (AvgIpc) is 2.51. The Bertz CT molecular complexity index is 495. The van der Waals surface area contributed by atoms with Crippen LogP contribution in [0.5, 0.6) is 5.75 Å². The zero-order valence-corrected chi connectivity index (χ0v) is 12.0. The Labute approximate surface area is 123 Å². The number of aliphatic hydroxyl groups excluding tert-OH is 1. The normalized spacial score (nSPS) is 12.0. The molecular formula is C15H19NO5. The smallest absolute Gasteiger partial charge is 0.330 e. The van der Waals surface area contributed by atoms with Crippen molar-refractivity contribution in [3.63, 3.8) is 0 Å². The Morgan fingerprint density at radius 2 is 2.00 bits per heavy atom. The predicted molar refractivity (Wildman–Crippen MR) is 77.7 cm³/mol. The van der Waals surface area contributed by atoms with Gasteiger partial charge in [-0.3, -0.25) is 4.79 Å². The monoisotopic (exact) mass is 293 g/mol. The van der Waals surface area contributed by atoms with Crippen LogP contribution in [0.25, 0.3) is 6.08 Å². The number of rotatable bonds is 7. The van der Waals surface area contributed by atoms with E-state index in [0.717, 1.165) is 11.3 Å². The van der Waals surface area contributed by atoms with Crippen LogP contribution in [0.3, 0.4) is 0 Å². The van der Waals surface area contributed by atoms with Crippen LogP contribution in [0, 0.1) is 0 Å². The van der Waals surface area contributed by atoms with Crippen LogP contribution in [0.2, 0.25) is 0 Å². The van der Waals surface area contributed by atoms with E-state index in [4.69, 9.17) is 9.84 Å². The molecule has 114 valence electrons. The lowest BCUT2D eigenvalue weighted by molar-refractivity contribution is -0.145. The number of ether oxygens (including phenoxy) is 2. The van der Waals surface area contributed by atoms with Crippen LogP contribution in [-0.4, -0.2) is 43.3 Å². The maximum Gasteiger partial charge on any atom is 0.330 e. The number of carbonyl (C=O) groups is 2. The van der Waals surface area contributed by atoms with Gasteiger partial charge < -0.3 is 19.9 Å². The Morgan fingerprint density at radius 1 is 1.33 bits per heavy atom. The fraction of sp³-hybridized carbons (Fsp3) is 0.333. The molecule has 1 amide bonds. The number of esters is 1. The third-order valence-electron chi connectivity index (χ3n) is 2.60. The molecule has 6 heteroatoms. The summed E-state index contributed by atoms with van der Waals surface area (Å²) >= 11 is 0. The van der Waals surface area contributed by atoms with Crippen molar-refractivity contribution in [1.29, 1.82) is 0 Å². The molecule has 21 heavy (non-hydrogen) atoms. The van der Waals surface area contributed by atoms with Gasteiger partial charge in [0.05, 0.1) is 20.3 Å². The Balaban J connectivity index is 2.58. The average molecular weight is 293 g/mol. The molecule has 6 nitrogen and oxygen atoms in total. The van der Waals surface area contributed by atoms with Gasteiger partial charge in [0.1, 0.15) is 5.75 Å². The molecule has 0 aliphatic heterocycles. The van der Waals surface area contributed by atoms with Gasteiger partial charge in [0, 0.05) is 6.08 Å². The second-order valence-corrected chi connectivity index (χ2v) is 4.10. The van der Waals surface area contributed by atoms with E-state index in [2.05, 4.69) is 10.1 Å². The molecule has 0 bridgehead atoms. The summed E-state index contributed by atoms with van der Waals surface area (Å²) in [6, 6.07) is 6.14. The first-order valence-electron chi connectivity index (χ1n) is 6.50. The molecule has 1 rings (SSSR count). The first-order valence-corrected chi connectivity index (χ1v) is 6.50. The molecule has 1 aromatic carbocycles. The molecule has 1 atom stereocenters. The van der Waals surface area contributed by atoms with Gasteiger partial charge in [0.2, 0.25) is 5.91 Å². The van der Waals surface area contributed by atoms with E-state index >= 15 is 0 Å². The quantitative estimate of drug-likeness (QED) is 0.572. The molecule has 2 N–H and O–H groups in total. The van der Waals surface area contributed by atoms with E-state index in [1.54, 1.807) is 30.3 Å². The summed E-state index contributed by atoms with van der Waals surface area (Å²) in [6.07, 6.45) is 2.87. The zero-order valence-electron chi connectivity index (χ0n) is 12.0. The highest BCUT2D eigenvalue weighted by Crippen LogP contribution is 2.12. The third kappa shape index (κ3) is 5.66. The van der Waals surface area contributed by atoms with Gasteiger partial charge in [0.15, 0.2) is 6.04 Å². The van der Waals surface area contributed by atoms with Gasteiger partial charge in [-0.05, 0) is 30.7 Å². The van der Waals surface area contributed by atoms with Crippen molar-refractivity contribution in [1.82, 2.24) is 5.32 Å². The predicted octanol–water partition coefficient (Wildman–Crippen LogP) is 0.749. The molecule has 0 aliphatic rings. The van der Waals surface area contributed by atoms with Gasteiger partial charge in [0.25, 0.3) is 0 Å². The summed E-state index contributed by atoms with van der Waals surface area (Å²) in [4.78, 5) is 22.9. The first-order chi connectivity index (χ1) is 10.1. The number of nitrogens with one attached hydrogen (secondary N) is 1. The SMILES string of the molecule is CCOc1ccc(/C=C/C(=O)NC(CO)C(=O)OC)cc1. The van der Waals surface area contributed by atoms with E-state index in [9.17, 15) is 9.59 Å². The van der Waals surface area contributed by atoms with Crippen LogP contribution in [0.4, 0.5) is 0 Å². The number of hydrogen-bond donors (Lipinski definition) is 2. The van der Waals surface area contributed by atoms with Crippen molar-refractivity contribution in [2.45, 2.75) is 13.0 Å². The molecule has 1 unspecified atom stereocenters. The number of benzene rings is 1. The molecule has 0 saturated heterocycles. The molecule has 0 spiro atoms. The van der Waals surface area contributed by atoms with Crippen LogP contribution >= 0.6 is 0 Å². The fourth-order valence-electron chi connectivity index (χ4n) is 1.55. The van der Waals surface area contributed by atoms with Crippen LogP contribution in [0.15, 0.2) is 30.3 Å². The van der Waals surface area contributed by atoms with Crippen molar-refractivity contribution in [3.05, 3.63) is 35.9 Å². The van der Waals surface area contributed by atoms with Crippen molar-refractivity contribution in [3.8, 4) is 5.75 Å². The summed E-state index contributed by atoms with van der Waals surface area (Å²) in [7, 11) is 1.19. The maximum absolute atomic E-state index is 11.6.